The van der Waals surface area contributed by atoms with E-state index in [1.165, 1.54) is 5.56 Å². The molecule has 0 aliphatic carbocycles. The molecule has 116 valence electrons. The molecule has 0 bridgehead atoms. The fourth-order valence-corrected chi connectivity index (χ4v) is 2.32. The molecule has 22 heavy (non-hydrogen) atoms. The van der Waals surface area contributed by atoms with Crippen molar-refractivity contribution in [3.05, 3.63) is 59.2 Å². The summed E-state index contributed by atoms with van der Waals surface area (Å²) in [5, 5.41) is 2.79. The lowest BCUT2D eigenvalue weighted by Crippen LogP contribution is -2.17. The largest absolute Gasteiger partial charge is 0.417 e. The number of hydrogen-bond donors (Lipinski definition) is 1. The highest BCUT2D eigenvalue weighted by atomic mass is 16.6. The van der Waals surface area contributed by atoms with Gasteiger partial charge in [-0.25, -0.2) is 4.79 Å². The Morgan fingerprint density at radius 1 is 1.18 bits per heavy atom. The number of rotatable bonds is 4. The molecule has 0 unspecified atom stereocenters. The molecule has 0 fully saturated rings. The minimum absolute atomic E-state index is 0.298. The highest BCUT2D eigenvalue weighted by Gasteiger charge is 2.12. The van der Waals surface area contributed by atoms with Crippen LogP contribution in [-0.4, -0.2) is 6.09 Å². The maximum Gasteiger partial charge on any atom is 0.417 e. The highest BCUT2D eigenvalue weighted by molar-refractivity contribution is 5.86. The zero-order chi connectivity index (χ0) is 16.1. The van der Waals surface area contributed by atoms with E-state index in [-0.39, 0.29) is 0 Å². The topological polar surface area (TPSA) is 38.3 Å². The van der Waals surface area contributed by atoms with Crippen LogP contribution in [0.3, 0.4) is 0 Å². The molecule has 2 rings (SSSR count). The summed E-state index contributed by atoms with van der Waals surface area (Å²) in [5.74, 6) is 0.922. The number of hydrogen-bond acceptors (Lipinski definition) is 2. The van der Waals surface area contributed by atoms with Gasteiger partial charge in [-0.1, -0.05) is 45.0 Å². The number of amides is 1. The van der Waals surface area contributed by atoms with Crippen LogP contribution in [0.15, 0.2) is 42.5 Å². The van der Waals surface area contributed by atoms with Crippen molar-refractivity contribution in [1.82, 2.24) is 0 Å². The van der Waals surface area contributed by atoms with Crippen LogP contribution in [0.5, 0.6) is 5.75 Å². The van der Waals surface area contributed by atoms with Gasteiger partial charge in [-0.15, -0.1) is 0 Å². The van der Waals surface area contributed by atoms with Crippen molar-refractivity contribution in [3.8, 4) is 5.75 Å². The van der Waals surface area contributed by atoms with E-state index in [1.807, 2.05) is 49.4 Å². The van der Waals surface area contributed by atoms with Gasteiger partial charge < -0.3 is 4.74 Å². The van der Waals surface area contributed by atoms with Crippen molar-refractivity contribution >= 4 is 11.8 Å². The van der Waals surface area contributed by atoms with E-state index >= 15 is 0 Å². The number of benzene rings is 2. The van der Waals surface area contributed by atoms with E-state index in [2.05, 4.69) is 26.1 Å². The molecule has 1 amide bonds. The quantitative estimate of drug-likeness (QED) is 0.832. The predicted molar refractivity (Wildman–Crippen MR) is 90.7 cm³/mol. The zero-order valence-corrected chi connectivity index (χ0v) is 13.6. The summed E-state index contributed by atoms with van der Waals surface area (Å²) in [4.78, 5) is 12.1. The molecule has 1 N–H and O–H groups in total. The molecule has 0 radical (unpaired) electrons. The molecule has 0 aliphatic rings. The van der Waals surface area contributed by atoms with E-state index in [0.717, 1.165) is 23.2 Å². The molecule has 3 nitrogen and oxygen atoms in total. The number of carbonyl (C=O) groups excluding carboxylic acids is 1. The molecule has 0 aliphatic heterocycles. The van der Waals surface area contributed by atoms with Gasteiger partial charge in [0.05, 0.1) is 0 Å². The van der Waals surface area contributed by atoms with Crippen LogP contribution < -0.4 is 10.1 Å². The summed E-state index contributed by atoms with van der Waals surface area (Å²) in [6, 6.07) is 13.7. The fraction of sp³-hybridized carbons (Fsp3) is 0.316. The Morgan fingerprint density at radius 2 is 1.95 bits per heavy atom. The van der Waals surface area contributed by atoms with E-state index in [1.54, 1.807) is 0 Å². The highest BCUT2D eigenvalue weighted by Crippen LogP contribution is 2.27. The molecule has 0 saturated carbocycles. The van der Waals surface area contributed by atoms with Crippen LogP contribution in [0.4, 0.5) is 10.5 Å². The molecule has 0 heterocycles. The zero-order valence-electron chi connectivity index (χ0n) is 13.6. The number of ether oxygens (including phenoxy) is 1. The van der Waals surface area contributed by atoms with Crippen LogP contribution in [0.25, 0.3) is 0 Å². The van der Waals surface area contributed by atoms with Gasteiger partial charge in [0.15, 0.2) is 0 Å². The molecular formula is C19H23NO2. The summed E-state index contributed by atoms with van der Waals surface area (Å²) >= 11 is 0. The molecule has 0 aromatic heterocycles. The Kier molecular flexibility index (Phi) is 5.21. The van der Waals surface area contributed by atoms with E-state index in [4.69, 9.17) is 4.74 Å². The maximum atomic E-state index is 12.1. The third-order valence-electron chi connectivity index (χ3n) is 3.58. The Bertz CT molecular complexity index is 662. The predicted octanol–water partition coefficient (Wildman–Crippen LogP) is 5.29. The van der Waals surface area contributed by atoms with Gasteiger partial charge in [-0.2, -0.15) is 0 Å². The van der Waals surface area contributed by atoms with Gasteiger partial charge >= 0.3 is 6.09 Å². The number of nitrogens with one attached hydrogen (secondary N) is 1. The fourth-order valence-electron chi connectivity index (χ4n) is 2.32. The number of carbonyl (C=O) groups is 1. The first-order valence-electron chi connectivity index (χ1n) is 7.68. The van der Waals surface area contributed by atoms with Crippen LogP contribution in [-0.2, 0) is 6.42 Å². The van der Waals surface area contributed by atoms with E-state index in [9.17, 15) is 4.79 Å². The van der Waals surface area contributed by atoms with Gasteiger partial charge in [0, 0.05) is 5.69 Å². The lowest BCUT2D eigenvalue weighted by atomic mass is 10.0. The lowest BCUT2D eigenvalue weighted by Gasteiger charge is -2.14. The van der Waals surface area contributed by atoms with Gasteiger partial charge in [-0.3, -0.25) is 5.32 Å². The van der Waals surface area contributed by atoms with E-state index in [0.29, 0.717) is 11.7 Å². The first kappa shape index (κ1) is 16.1. The van der Waals surface area contributed by atoms with Crippen molar-refractivity contribution < 1.29 is 9.53 Å². The van der Waals surface area contributed by atoms with E-state index < -0.39 is 6.09 Å². The minimum Gasteiger partial charge on any atom is -0.410 e. The third kappa shape index (κ3) is 4.10. The maximum absolute atomic E-state index is 12.1. The molecular weight excluding hydrogens is 274 g/mol. The summed E-state index contributed by atoms with van der Waals surface area (Å²) in [6.07, 6.45) is 0.473. The monoisotopic (exact) mass is 297 g/mol. The average molecular weight is 297 g/mol. The van der Waals surface area contributed by atoms with Crippen molar-refractivity contribution in [2.24, 2.45) is 0 Å². The summed E-state index contributed by atoms with van der Waals surface area (Å²) in [7, 11) is 0. The molecule has 3 heteroatoms. The first-order valence-corrected chi connectivity index (χ1v) is 7.68. The van der Waals surface area contributed by atoms with Crippen molar-refractivity contribution in [2.45, 2.75) is 40.0 Å². The third-order valence-corrected chi connectivity index (χ3v) is 3.58. The SMILES string of the molecule is CCc1cccc(NC(=O)Oc2cc(C)ccc2C(C)C)c1. The Morgan fingerprint density at radius 3 is 2.64 bits per heavy atom. The molecule has 0 saturated heterocycles. The van der Waals surface area contributed by atoms with Crippen LogP contribution in [0.1, 0.15) is 43.4 Å². The standard InChI is InChI=1S/C19H23NO2/c1-5-15-7-6-8-16(12-15)20-19(21)22-18-11-14(4)9-10-17(18)13(2)3/h6-13H,5H2,1-4H3,(H,20,21). The Hall–Kier alpha value is -2.29. The van der Waals surface area contributed by atoms with Crippen molar-refractivity contribution in [1.29, 1.82) is 0 Å². The van der Waals surface area contributed by atoms with Crippen LogP contribution in [0, 0.1) is 6.92 Å². The second-order valence-electron chi connectivity index (χ2n) is 5.76. The number of anilines is 1. The van der Waals surface area contributed by atoms with Gasteiger partial charge in [0.2, 0.25) is 0 Å². The van der Waals surface area contributed by atoms with Crippen molar-refractivity contribution in [3.63, 3.8) is 0 Å². The molecule has 0 spiro atoms. The van der Waals surface area contributed by atoms with Crippen molar-refractivity contribution in [2.75, 3.05) is 5.32 Å². The van der Waals surface area contributed by atoms with Gasteiger partial charge in [0.1, 0.15) is 5.75 Å². The first-order chi connectivity index (χ1) is 10.5. The van der Waals surface area contributed by atoms with Gasteiger partial charge in [0.25, 0.3) is 0 Å². The van der Waals surface area contributed by atoms with Crippen LogP contribution >= 0.6 is 0 Å². The second kappa shape index (κ2) is 7.12. The summed E-state index contributed by atoms with van der Waals surface area (Å²) in [6.45, 7) is 8.24. The average Bonchev–Trinajstić information content (AvgIpc) is 2.47. The molecule has 0 atom stereocenters. The van der Waals surface area contributed by atoms with Gasteiger partial charge in [-0.05, 0) is 54.2 Å². The second-order valence-corrected chi connectivity index (χ2v) is 5.76. The number of aryl methyl sites for hydroxylation is 2. The minimum atomic E-state index is -0.458. The normalized spacial score (nSPS) is 10.6. The Labute approximate surface area is 132 Å². The smallest absolute Gasteiger partial charge is 0.410 e. The summed E-state index contributed by atoms with van der Waals surface area (Å²) < 4.78 is 5.52. The summed E-state index contributed by atoms with van der Waals surface area (Å²) in [5.41, 5.74) is 4.03. The Balaban J connectivity index is 2.13. The lowest BCUT2D eigenvalue weighted by molar-refractivity contribution is 0.214. The molecule has 2 aromatic rings. The van der Waals surface area contributed by atoms with Crippen LogP contribution in [0.2, 0.25) is 0 Å². The molecule has 2 aromatic carbocycles.